The third-order valence-corrected chi connectivity index (χ3v) is 6.59. The van der Waals surface area contributed by atoms with Crippen molar-refractivity contribution in [1.29, 1.82) is 0 Å². The summed E-state index contributed by atoms with van der Waals surface area (Å²) < 4.78 is 17.9. The standard InChI is InChI=1S/C23H31BN7O6/c32-26-18-9-1-4-12-21(18)29-35-24(17-8-7-15-25-16-17,36-30-22-13-5-2-10-19(22)27-33)37-31-23-14-6-3-11-20(23)28-34/h7-8,15-16,32-34H,1-6,9-14H2/q-1/b26-18-,27-19-,28-20+,29-21-,30-22-,31-23+. The van der Waals surface area contributed by atoms with E-state index in [0.29, 0.717) is 78.3 Å². The van der Waals surface area contributed by atoms with E-state index in [4.69, 9.17) is 14.3 Å². The normalized spacial score (nSPS) is 25.7. The average molecular weight is 512 g/mol. The Morgan fingerprint density at radius 2 is 0.973 bits per heavy atom. The van der Waals surface area contributed by atoms with Crippen LogP contribution < -0.4 is 5.46 Å². The van der Waals surface area contributed by atoms with Crippen molar-refractivity contribution in [3.8, 4) is 0 Å². The lowest BCUT2D eigenvalue weighted by atomic mass is 9.71. The third-order valence-electron chi connectivity index (χ3n) is 6.59. The van der Waals surface area contributed by atoms with E-state index >= 15 is 0 Å². The molecule has 0 bridgehead atoms. The van der Waals surface area contributed by atoms with Crippen LogP contribution in [0.5, 0.6) is 0 Å². The fourth-order valence-corrected chi connectivity index (χ4v) is 4.46. The monoisotopic (exact) mass is 512 g/mol. The van der Waals surface area contributed by atoms with Crippen molar-refractivity contribution in [1.82, 2.24) is 4.98 Å². The molecule has 13 nitrogen and oxygen atoms in total. The SMILES string of the molecule is O/N=C1/CCCC/C1=N/O[B-](O/N=C1/CCCC/C1=N/O)(O/N=C1\CCCC\C1=N/O)c1cccnc1. The van der Waals surface area contributed by atoms with Gasteiger partial charge in [0.15, 0.2) is 0 Å². The van der Waals surface area contributed by atoms with Crippen molar-refractivity contribution in [3.05, 3.63) is 24.5 Å². The number of aromatic nitrogens is 1. The maximum absolute atomic E-state index is 9.43. The van der Waals surface area contributed by atoms with Gasteiger partial charge in [0.2, 0.25) is 0 Å². The molecule has 14 heteroatoms. The van der Waals surface area contributed by atoms with Crippen molar-refractivity contribution in [3.63, 3.8) is 0 Å². The predicted octanol–water partition coefficient (Wildman–Crippen LogP) is 3.56. The molecule has 0 aromatic carbocycles. The molecule has 37 heavy (non-hydrogen) atoms. The Bertz CT molecular complexity index is 1010. The van der Waals surface area contributed by atoms with Crippen LogP contribution in [-0.2, 0) is 14.3 Å². The minimum atomic E-state index is -3.01. The summed E-state index contributed by atoms with van der Waals surface area (Å²) in [5, 5.41) is 51.2. The van der Waals surface area contributed by atoms with E-state index in [1.54, 1.807) is 18.3 Å². The number of oxime groups is 6. The van der Waals surface area contributed by atoms with Crippen LogP contribution in [-0.4, -0.2) is 61.6 Å². The van der Waals surface area contributed by atoms with Crippen LogP contribution in [0.1, 0.15) is 77.0 Å². The van der Waals surface area contributed by atoms with Crippen molar-refractivity contribution in [2.75, 3.05) is 0 Å². The lowest BCUT2D eigenvalue weighted by Gasteiger charge is -2.35. The van der Waals surface area contributed by atoms with Crippen molar-refractivity contribution in [2.24, 2.45) is 30.9 Å². The minimum absolute atomic E-state index is 0.357. The van der Waals surface area contributed by atoms with Crippen LogP contribution in [0.3, 0.4) is 0 Å². The van der Waals surface area contributed by atoms with Crippen LogP contribution >= 0.6 is 0 Å². The van der Waals surface area contributed by atoms with Crippen LogP contribution in [0.25, 0.3) is 0 Å². The highest BCUT2D eigenvalue weighted by Gasteiger charge is 2.42. The van der Waals surface area contributed by atoms with Gasteiger partial charge < -0.3 is 29.9 Å². The van der Waals surface area contributed by atoms with Crippen molar-refractivity contribution in [2.45, 2.75) is 77.0 Å². The second-order valence-electron chi connectivity index (χ2n) is 9.12. The van der Waals surface area contributed by atoms with E-state index in [1.165, 1.54) is 6.20 Å². The van der Waals surface area contributed by atoms with Crippen LogP contribution in [0, 0.1) is 0 Å². The summed E-state index contributed by atoms with van der Waals surface area (Å²) in [6.45, 7) is -3.01. The van der Waals surface area contributed by atoms with E-state index in [0.717, 1.165) is 38.5 Å². The molecule has 1 heterocycles. The van der Waals surface area contributed by atoms with Gasteiger partial charge in [0, 0.05) is 12.4 Å². The Hall–Kier alpha value is -3.97. The molecule has 0 aliphatic heterocycles. The second-order valence-corrected chi connectivity index (χ2v) is 9.12. The maximum Gasteiger partial charge on any atom is 0.642 e. The zero-order chi connectivity index (χ0) is 25.9. The summed E-state index contributed by atoms with van der Waals surface area (Å²) in [6, 6.07) is 3.36. The zero-order valence-corrected chi connectivity index (χ0v) is 20.6. The van der Waals surface area contributed by atoms with E-state index in [-0.39, 0.29) is 0 Å². The van der Waals surface area contributed by atoms with E-state index < -0.39 is 6.75 Å². The first-order valence-corrected chi connectivity index (χ1v) is 12.6. The van der Waals surface area contributed by atoms with Crippen molar-refractivity contribution < 1.29 is 29.9 Å². The Labute approximate surface area is 214 Å². The van der Waals surface area contributed by atoms with Crippen LogP contribution in [0.15, 0.2) is 55.5 Å². The van der Waals surface area contributed by atoms with Gasteiger partial charge >= 0.3 is 6.75 Å². The highest BCUT2D eigenvalue weighted by Crippen LogP contribution is 2.21. The largest absolute Gasteiger partial charge is 0.642 e. The Morgan fingerprint density at radius 3 is 1.30 bits per heavy atom. The Morgan fingerprint density at radius 1 is 0.595 bits per heavy atom. The molecule has 1 aromatic heterocycles. The summed E-state index contributed by atoms with van der Waals surface area (Å²) >= 11 is 0. The second kappa shape index (κ2) is 12.8. The lowest BCUT2D eigenvalue weighted by molar-refractivity contribution is 0.0804. The molecule has 1 aromatic rings. The van der Waals surface area contributed by atoms with Crippen molar-refractivity contribution >= 4 is 46.5 Å². The molecule has 0 amide bonds. The number of hydrogen-bond donors (Lipinski definition) is 3. The Balaban J connectivity index is 1.76. The number of pyridine rings is 1. The number of nitrogens with zero attached hydrogens (tertiary/aromatic N) is 7. The number of rotatable bonds is 7. The molecule has 4 rings (SSSR count). The van der Waals surface area contributed by atoms with Crippen LogP contribution in [0.2, 0.25) is 0 Å². The quantitative estimate of drug-likeness (QED) is 0.284. The first kappa shape index (κ1) is 26.1. The molecule has 3 N–H and O–H groups in total. The zero-order valence-electron chi connectivity index (χ0n) is 20.6. The predicted molar refractivity (Wildman–Crippen MR) is 138 cm³/mol. The van der Waals surface area contributed by atoms with Gasteiger partial charge in [-0.3, -0.25) is 4.98 Å². The highest BCUT2D eigenvalue weighted by molar-refractivity contribution is 6.75. The molecular formula is C23H31BN7O6-. The smallest absolute Gasteiger partial charge is 0.536 e. The van der Waals surface area contributed by atoms with Gasteiger partial charge in [-0.2, -0.15) is 0 Å². The summed E-state index contributed by atoms with van der Waals surface area (Å²) in [5.41, 5.74) is 3.00. The molecule has 3 aliphatic carbocycles. The fourth-order valence-electron chi connectivity index (χ4n) is 4.46. The van der Waals surface area contributed by atoms with E-state index in [2.05, 4.69) is 35.9 Å². The first-order chi connectivity index (χ1) is 18.2. The molecule has 0 spiro atoms. The molecule has 3 saturated carbocycles. The third kappa shape index (κ3) is 6.43. The van der Waals surface area contributed by atoms with Gasteiger partial charge in [-0.15, -0.1) is 15.5 Å². The highest BCUT2D eigenvalue weighted by atomic mass is 16.9. The summed E-state index contributed by atoms with van der Waals surface area (Å²) in [5.74, 6) is 0. The molecule has 0 atom stereocenters. The molecule has 0 unspecified atom stereocenters. The van der Waals surface area contributed by atoms with Gasteiger partial charge in [-0.25, -0.2) is 0 Å². The summed E-state index contributed by atoms with van der Waals surface area (Å²) in [6.07, 6.45) is 11.6. The molecule has 198 valence electrons. The number of hydrogen-bond acceptors (Lipinski definition) is 13. The maximum atomic E-state index is 9.43. The minimum Gasteiger partial charge on any atom is -0.536 e. The van der Waals surface area contributed by atoms with Gasteiger partial charge in [0.1, 0.15) is 17.1 Å². The first-order valence-electron chi connectivity index (χ1n) is 12.6. The summed E-state index contributed by atoms with van der Waals surface area (Å²) in [7, 11) is 0. The van der Waals surface area contributed by atoms with Crippen LogP contribution in [0.4, 0.5) is 0 Å². The molecule has 3 aliphatic rings. The fraction of sp³-hybridized carbons (Fsp3) is 0.522. The lowest BCUT2D eigenvalue weighted by Crippen LogP contribution is -2.54. The topological polar surface area (TPSA) is 175 Å². The average Bonchev–Trinajstić information content (AvgIpc) is 2.97. The molecule has 0 saturated heterocycles. The molecule has 0 radical (unpaired) electrons. The summed E-state index contributed by atoms with van der Waals surface area (Å²) in [4.78, 5) is 4.17. The van der Waals surface area contributed by atoms with E-state index in [9.17, 15) is 15.6 Å². The van der Waals surface area contributed by atoms with E-state index in [1.807, 2.05) is 0 Å². The van der Waals surface area contributed by atoms with Gasteiger partial charge in [0.05, 0.1) is 17.1 Å². The Kier molecular flexibility index (Phi) is 9.05. The molecular weight excluding hydrogens is 481 g/mol. The molecule has 3 fully saturated rings. The van der Waals surface area contributed by atoms with Gasteiger partial charge in [-0.1, -0.05) is 27.0 Å². The van der Waals surface area contributed by atoms with Gasteiger partial charge in [0.25, 0.3) is 0 Å². The van der Waals surface area contributed by atoms with Gasteiger partial charge in [-0.05, 0) is 83.1 Å².